The predicted molar refractivity (Wildman–Crippen MR) is 104 cm³/mol. The van der Waals surface area contributed by atoms with E-state index >= 15 is 0 Å². The molecule has 1 N–H and O–H groups in total. The minimum atomic E-state index is 0.826. The number of benzene rings is 1. The van der Waals surface area contributed by atoms with Crippen molar-refractivity contribution in [3.8, 4) is 11.4 Å². The van der Waals surface area contributed by atoms with E-state index in [0.29, 0.717) is 0 Å². The Balaban J connectivity index is 1.57. The van der Waals surface area contributed by atoms with Crippen LogP contribution >= 0.6 is 0 Å². The lowest BCUT2D eigenvalue weighted by Crippen LogP contribution is -2.12. The number of nitrogens with zero attached hydrogens (tertiary/aromatic N) is 4. The Hall–Kier alpha value is -2.69. The zero-order valence-corrected chi connectivity index (χ0v) is 15.7. The molecule has 0 fully saturated rings. The number of aromatic nitrogens is 4. The summed E-state index contributed by atoms with van der Waals surface area (Å²) in [4.78, 5) is 4.75. The van der Waals surface area contributed by atoms with Crippen molar-refractivity contribution in [2.45, 2.75) is 46.1 Å². The Morgan fingerprint density at radius 1 is 1.08 bits per heavy atom. The van der Waals surface area contributed by atoms with Crippen LogP contribution in [0.5, 0.6) is 0 Å². The van der Waals surface area contributed by atoms with Gasteiger partial charge in [0.2, 0.25) is 0 Å². The summed E-state index contributed by atoms with van der Waals surface area (Å²) in [6.07, 6.45) is 4.80. The van der Waals surface area contributed by atoms with Crippen LogP contribution in [0.2, 0.25) is 0 Å². The van der Waals surface area contributed by atoms with Crippen LogP contribution in [0.25, 0.3) is 11.4 Å². The number of aryl methyl sites for hydroxylation is 3. The maximum atomic E-state index is 4.75. The molecule has 134 valence electrons. The monoisotopic (exact) mass is 347 g/mol. The van der Waals surface area contributed by atoms with Gasteiger partial charge in [0.15, 0.2) is 5.82 Å². The van der Waals surface area contributed by atoms with Crippen molar-refractivity contribution in [3.63, 3.8) is 0 Å². The van der Waals surface area contributed by atoms with Crippen LogP contribution < -0.4 is 5.32 Å². The van der Waals surface area contributed by atoms with E-state index in [1.807, 2.05) is 18.5 Å². The fourth-order valence-electron chi connectivity index (χ4n) is 3.72. The maximum absolute atomic E-state index is 4.75. The third-order valence-corrected chi connectivity index (χ3v) is 5.22. The van der Waals surface area contributed by atoms with Gasteiger partial charge in [0.05, 0.1) is 0 Å². The topological polar surface area (TPSA) is 55.6 Å². The van der Waals surface area contributed by atoms with Gasteiger partial charge in [0, 0.05) is 36.2 Å². The summed E-state index contributed by atoms with van der Waals surface area (Å²) in [6.45, 7) is 4.88. The third kappa shape index (κ3) is 3.21. The van der Waals surface area contributed by atoms with Crippen LogP contribution in [0.4, 0.5) is 5.69 Å². The van der Waals surface area contributed by atoms with E-state index in [4.69, 9.17) is 4.98 Å². The predicted octanol–water partition coefficient (Wildman–Crippen LogP) is 3.98. The lowest BCUT2D eigenvalue weighted by atomic mass is 9.91. The Morgan fingerprint density at radius 3 is 2.73 bits per heavy atom. The number of nitrogens with one attached hydrogen (secondary N) is 1. The highest BCUT2D eigenvalue weighted by molar-refractivity contribution is 5.62. The molecule has 0 spiro atoms. The number of hydrogen-bond donors (Lipinski definition) is 1. The van der Waals surface area contributed by atoms with Crippen molar-refractivity contribution in [3.05, 3.63) is 58.7 Å². The van der Waals surface area contributed by atoms with Gasteiger partial charge in [-0.25, -0.2) is 0 Å². The molecule has 3 aromatic rings. The van der Waals surface area contributed by atoms with E-state index in [1.54, 1.807) is 0 Å². The average Bonchev–Trinajstić information content (AvgIpc) is 2.99. The summed E-state index contributed by atoms with van der Waals surface area (Å²) in [7, 11) is 2.00. The van der Waals surface area contributed by atoms with Crippen molar-refractivity contribution in [1.82, 2.24) is 19.7 Å². The first-order valence-corrected chi connectivity index (χ1v) is 9.30. The highest BCUT2D eigenvalue weighted by atomic mass is 15.3. The molecule has 0 bridgehead atoms. The molecule has 0 radical (unpaired) electrons. The van der Waals surface area contributed by atoms with Crippen molar-refractivity contribution in [1.29, 1.82) is 0 Å². The molecule has 5 nitrogen and oxygen atoms in total. The van der Waals surface area contributed by atoms with E-state index in [0.717, 1.165) is 48.0 Å². The molecule has 2 aromatic heterocycles. The Morgan fingerprint density at radius 2 is 1.92 bits per heavy atom. The standard InChI is InChI=1S/C21H25N5/c1-14-11-17(19-9-4-5-10-20(19)23-14)13-22-18-8-6-7-16(12-18)21-25-24-15(2)26(21)3/h6-8,11-12,22H,4-5,9-10,13H2,1-3H3. The first-order chi connectivity index (χ1) is 12.6. The number of pyridine rings is 1. The number of anilines is 1. The molecule has 1 aliphatic carbocycles. The van der Waals surface area contributed by atoms with Gasteiger partial charge in [-0.15, -0.1) is 10.2 Å². The molecule has 1 aromatic carbocycles. The highest BCUT2D eigenvalue weighted by Gasteiger charge is 2.15. The first-order valence-electron chi connectivity index (χ1n) is 9.30. The van der Waals surface area contributed by atoms with E-state index in [2.05, 4.69) is 52.8 Å². The Kier molecular flexibility index (Phi) is 4.45. The summed E-state index contributed by atoms with van der Waals surface area (Å²) in [5.74, 6) is 1.81. The molecule has 2 heterocycles. The quantitative estimate of drug-likeness (QED) is 0.775. The third-order valence-electron chi connectivity index (χ3n) is 5.22. The summed E-state index contributed by atoms with van der Waals surface area (Å²) in [5.41, 5.74) is 7.43. The zero-order chi connectivity index (χ0) is 18.1. The summed E-state index contributed by atoms with van der Waals surface area (Å²) < 4.78 is 2.02. The zero-order valence-electron chi connectivity index (χ0n) is 15.7. The van der Waals surface area contributed by atoms with Gasteiger partial charge in [0.1, 0.15) is 5.82 Å². The smallest absolute Gasteiger partial charge is 0.163 e. The minimum absolute atomic E-state index is 0.826. The lowest BCUT2D eigenvalue weighted by molar-refractivity contribution is 0.659. The number of hydrogen-bond acceptors (Lipinski definition) is 4. The molecule has 4 rings (SSSR count). The van der Waals surface area contributed by atoms with E-state index in [-0.39, 0.29) is 0 Å². The van der Waals surface area contributed by atoms with Crippen molar-refractivity contribution in [2.24, 2.45) is 7.05 Å². The molecule has 5 heteroatoms. The molecule has 0 amide bonds. The Bertz CT molecular complexity index is 942. The lowest BCUT2D eigenvalue weighted by Gasteiger charge is -2.20. The molecule has 0 saturated carbocycles. The van der Waals surface area contributed by atoms with E-state index < -0.39 is 0 Å². The molecule has 0 atom stereocenters. The summed E-state index contributed by atoms with van der Waals surface area (Å²) >= 11 is 0. The van der Waals surface area contributed by atoms with E-state index in [9.17, 15) is 0 Å². The van der Waals surface area contributed by atoms with Gasteiger partial charge >= 0.3 is 0 Å². The molecule has 0 saturated heterocycles. The van der Waals surface area contributed by atoms with E-state index in [1.165, 1.54) is 29.7 Å². The fraction of sp³-hybridized carbons (Fsp3) is 0.381. The number of rotatable bonds is 4. The molecule has 0 unspecified atom stereocenters. The molecule has 1 aliphatic rings. The Labute approximate surface area is 154 Å². The average molecular weight is 347 g/mol. The summed E-state index contributed by atoms with van der Waals surface area (Å²) in [6, 6.07) is 10.6. The fourth-order valence-corrected chi connectivity index (χ4v) is 3.72. The van der Waals surface area contributed by atoms with Crippen molar-refractivity contribution >= 4 is 5.69 Å². The minimum Gasteiger partial charge on any atom is -0.381 e. The van der Waals surface area contributed by atoms with Crippen LogP contribution in [0.15, 0.2) is 30.3 Å². The van der Waals surface area contributed by atoms with Crippen molar-refractivity contribution in [2.75, 3.05) is 5.32 Å². The van der Waals surface area contributed by atoms with Gasteiger partial charge < -0.3 is 9.88 Å². The largest absolute Gasteiger partial charge is 0.381 e. The van der Waals surface area contributed by atoms with Gasteiger partial charge in [-0.2, -0.15) is 0 Å². The van der Waals surface area contributed by atoms with Crippen molar-refractivity contribution < 1.29 is 0 Å². The highest BCUT2D eigenvalue weighted by Crippen LogP contribution is 2.26. The second-order valence-corrected chi connectivity index (χ2v) is 7.12. The normalized spacial score (nSPS) is 13.5. The maximum Gasteiger partial charge on any atom is 0.163 e. The van der Waals surface area contributed by atoms with Gasteiger partial charge in [-0.1, -0.05) is 12.1 Å². The second kappa shape index (κ2) is 6.90. The molecular weight excluding hydrogens is 322 g/mol. The van der Waals surface area contributed by atoms with Crippen LogP contribution in [-0.2, 0) is 26.4 Å². The van der Waals surface area contributed by atoms with Gasteiger partial charge in [-0.05, 0) is 68.9 Å². The van der Waals surface area contributed by atoms with Gasteiger partial charge in [-0.3, -0.25) is 4.98 Å². The van der Waals surface area contributed by atoms with Gasteiger partial charge in [0.25, 0.3) is 0 Å². The van der Waals surface area contributed by atoms with Crippen LogP contribution in [0, 0.1) is 13.8 Å². The second-order valence-electron chi connectivity index (χ2n) is 7.12. The molecule has 0 aliphatic heterocycles. The summed E-state index contributed by atoms with van der Waals surface area (Å²) in [5, 5.41) is 12.0. The SMILES string of the molecule is Cc1cc(CNc2cccc(-c3nnc(C)n3C)c2)c2c(n1)CCCC2. The van der Waals surface area contributed by atoms with Crippen LogP contribution in [-0.4, -0.2) is 19.7 Å². The molecular formula is C21H25N5. The van der Waals surface area contributed by atoms with Crippen LogP contribution in [0.1, 0.15) is 41.2 Å². The van der Waals surface area contributed by atoms with Crippen LogP contribution in [0.3, 0.4) is 0 Å². The number of fused-ring (bicyclic) bond motifs is 1. The first kappa shape index (κ1) is 16.8. The molecule has 26 heavy (non-hydrogen) atoms.